The number of halogens is 1. The standard InChI is InChI=1S/C25H27FN2O3/c1-25(2,31-21-12-10-20(26)11-13-21)24(29)28-14-6-9-19(17-28)23-27-16-22(30-23)15-18-7-4-3-5-8-18/h3-5,7-8,10-13,16,19H,6,9,14-15,17H2,1-2H3/t19-/m1/s1. The minimum absolute atomic E-state index is 0.0591. The van der Waals surface area contributed by atoms with Crippen LogP contribution in [0.15, 0.2) is 65.2 Å². The van der Waals surface area contributed by atoms with E-state index in [1.54, 1.807) is 20.0 Å². The van der Waals surface area contributed by atoms with Crippen LogP contribution in [0.3, 0.4) is 0 Å². The minimum Gasteiger partial charge on any atom is -0.478 e. The van der Waals surface area contributed by atoms with Gasteiger partial charge in [0, 0.05) is 19.5 Å². The Bertz CT molecular complexity index is 1010. The van der Waals surface area contributed by atoms with Gasteiger partial charge in [0.05, 0.1) is 12.1 Å². The van der Waals surface area contributed by atoms with Gasteiger partial charge in [-0.3, -0.25) is 4.79 Å². The zero-order chi connectivity index (χ0) is 21.8. The number of carbonyl (C=O) groups excluding carboxylic acids is 1. The van der Waals surface area contributed by atoms with Crippen LogP contribution in [0.25, 0.3) is 0 Å². The van der Waals surface area contributed by atoms with Gasteiger partial charge in [0.25, 0.3) is 5.91 Å². The number of rotatable bonds is 6. The number of benzene rings is 2. The van der Waals surface area contributed by atoms with Crippen molar-refractivity contribution in [2.45, 2.75) is 44.6 Å². The molecule has 162 valence electrons. The lowest BCUT2D eigenvalue weighted by molar-refractivity contribution is -0.146. The fourth-order valence-electron chi connectivity index (χ4n) is 3.98. The summed E-state index contributed by atoms with van der Waals surface area (Å²) in [4.78, 5) is 19.5. The van der Waals surface area contributed by atoms with Crippen LogP contribution >= 0.6 is 0 Å². The first-order valence-electron chi connectivity index (χ1n) is 10.6. The Labute approximate surface area is 181 Å². The van der Waals surface area contributed by atoms with Crippen LogP contribution in [0.2, 0.25) is 0 Å². The van der Waals surface area contributed by atoms with E-state index in [1.165, 1.54) is 29.8 Å². The molecule has 6 heteroatoms. The Morgan fingerprint density at radius 1 is 1.19 bits per heavy atom. The van der Waals surface area contributed by atoms with E-state index in [2.05, 4.69) is 17.1 Å². The van der Waals surface area contributed by atoms with Gasteiger partial charge in [-0.25, -0.2) is 9.37 Å². The lowest BCUT2D eigenvalue weighted by Crippen LogP contribution is -2.51. The number of nitrogens with zero attached hydrogens (tertiary/aromatic N) is 2. The molecule has 0 bridgehead atoms. The van der Waals surface area contributed by atoms with Crippen molar-refractivity contribution in [2.75, 3.05) is 13.1 Å². The molecular weight excluding hydrogens is 395 g/mol. The third-order valence-corrected chi connectivity index (χ3v) is 5.55. The molecule has 2 heterocycles. The van der Waals surface area contributed by atoms with Crippen molar-refractivity contribution < 1.29 is 18.3 Å². The molecule has 1 aromatic heterocycles. The van der Waals surface area contributed by atoms with E-state index in [4.69, 9.17) is 9.15 Å². The van der Waals surface area contributed by atoms with Crippen molar-refractivity contribution in [3.63, 3.8) is 0 Å². The zero-order valence-corrected chi connectivity index (χ0v) is 17.9. The normalized spacial score (nSPS) is 16.9. The number of carbonyl (C=O) groups is 1. The van der Waals surface area contributed by atoms with Crippen LogP contribution in [0, 0.1) is 5.82 Å². The van der Waals surface area contributed by atoms with E-state index < -0.39 is 5.60 Å². The van der Waals surface area contributed by atoms with E-state index in [1.807, 2.05) is 23.1 Å². The molecule has 0 spiro atoms. The Balaban J connectivity index is 1.41. The van der Waals surface area contributed by atoms with Crippen LogP contribution in [-0.4, -0.2) is 34.5 Å². The number of hydrogen-bond donors (Lipinski definition) is 0. The topological polar surface area (TPSA) is 55.6 Å². The fraction of sp³-hybridized carbons (Fsp3) is 0.360. The van der Waals surface area contributed by atoms with Gasteiger partial charge in [-0.05, 0) is 56.5 Å². The summed E-state index contributed by atoms with van der Waals surface area (Å²) >= 11 is 0. The molecule has 3 aromatic rings. The average Bonchev–Trinajstić information content (AvgIpc) is 3.24. The summed E-state index contributed by atoms with van der Waals surface area (Å²) in [6.07, 6.45) is 4.28. The largest absolute Gasteiger partial charge is 0.478 e. The summed E-state index contributed by atoms with van der Waals surface area (Å²) in [6.45, 7) is 4.69. The third-order valence-electron chi connectivity index (χ3n) is 5.55. The predicted molar refractivity (Wildman–Crippen MR) is 115 cm³/mol. The van der Waals surface area contributed by atoms with Crippen LogP contribution in [0.1, 0.15) is 49.8 Å². The SMILES string of the molecule is CC(C)(Oc1ccc(F)cc1)C(=O)N1CCC[C@@H](c2ncc(Cc3ccccc3)o2)C1. The van der Waals surface area contributed by atoms with E-state index in [9.17, 15) is 9.18 Å². The minimum atomic E-state index is -1.06. The number of aromatic nitrogens is 1. The smallest absolute Gasteiger partial charge is 0.266 e. The van der Waals surface area contributed by atoms with Crippen molar-refractivity contribution >= 4 is 5.91 Å². The molecule has 0 radical (unpaired) electrons. The average molecular weight is 423 g/mol. The monoisotopic (exact) mass is 422 g/mol. The second-order valence-electron chi connectivity index (χ2n) is 8.48. The molecule has 0 N–H and O–H groups in total. The summed E-state index contributed by atoms with van der Waals surface area (Å²) in [5.41, 5.74) is 0.111. The Hall–Kier alpha value is -3.15. The highest BCUT2D eigenvalue weighted by Gasteiger charge is 2.37. The molecular formula is C25H27FN2O3. The molecule has 1 aliphatic rings. The van der Waals surface area contributed by atoms with Crippen molar-refractivity contribution in [1.29, 1.82) is 0 Å². The van der Waals surface area contributed by atoms with Crippen molar-refractivity contribution in [1.82, 2.24) is 9.88 Å². The van der Waals surface area contributed by atoms with Crippen LogP contribution in [-0.2, 0) is 11.2 Å². The quantitative estimate of drug-likeness (QED) is 0.563. The molecule has 4 rings (SSSR count). The van der Waals surface area contributed by atoms with Crippen LogP contribution < -0.4 is 4.74 Å². The molecule has 2 aromatic carbocycles. The number of likely N-dealkylation sites (tertiary alicyclic amines) is 1. The first-order valence-corrected chi connectivity index (χ1v) is 10.6. The van der Waals surface area contributed by atoms with Gasteiger partial charge in [-0.1, -0.05) is 30.3 Å². The fourth-order valence-corrected chi connectivity index (χ4v) is 3.98. The molecule has 1 fully saturated rings. The molecule has 5 nitrogen and oxygen atoms in total. The summed E-state index contributed by atoms with van der Waals surface area (Å²) in [5, 5.41) is 0. The van der Waals surface area contributed by atoms with Crippen LogP contribution in [0.5, 0.6) is 5.75 Å². The molecule has 0 unspecified atom stereocenters. The van der Waals surface area contributed by atoms with Gasteiger partial charge < -0.3 is 14.1 Å². The van der Waals surface area contributed by atoms with Gasteiger partial charge in [-0.15, -0.1) is 0 Å². The maximum atomic E-state index is 13.2. The molecule has 1 amide bonds. The highest BCUT2D eigenvalue weighted by atomic mass is 19.1. The van der Waals surface area contributed by atoms with Gasteiger partial charge in [0.1, 0.15) is 17.3 Å². The molecule has 0 saturated carbocycles. The molecule has 1 atom stereocenters. The Morgan fingerprint density at radius 2 is 1.94 bits per heavy atom. The summed E-state index contributed by atoms with van der Waals surface area (Å²) < 4.78 is 25.1. The number of piperidine rings is 1. The molecule has 1 aliphatic heterocycles. The van der Waals surface area contributed by atoms with E-state index in [0.717, 1.165) is 18.6 Å². The second-order valence-corrected chi connectivity index (χ2v) is 8.48. The maximum Gasteiger partial charge on any atom is 0.266 e. The summed E-state index contributed by atoms with van der Waals surface area (Å²) in [5.74, 6) is 1.59. The predicted octanol–water partition coefficient (Wildman–Crippen LogP) is 4.97. The second kappa shape index (κ2) is 8.92. The van der Waals surface area contributed by atoms with E-state index in [-0.39, 0.29) is 17.6 Å². The summed E-state index contributed by atoms with van der Waals surface area (Å²) in [7, 11) is 0. The third kappa shape index (κ3) is 5.13. The van der Waals surface area contributed by atoms with Crippen LogP contribution in [0.4, 0.5) is 4.39 Å². The molecule has 31 heavy (non-hydrogen) atoms. The van der Waals surface area contributed by atoms with Gasteiger partial charge >= 0.3 is 0 Å². The van der Waals surface area contributed by atoms with Gasteiger partial charge in [0.15, 0.2) is 11.5 Å². The van der Waals surface area contributed by atoms with Gasteiger partial charge in [-0.2, -0.15) is 0 Å². The first-order chi connectivity index (χ1) is 14.9. The number of hydrogen-bond acceptors (Lipinski definition) is 4. The lowest BCUT2D eigenvalue weighted by atomic mass is 9.96. The molecule has 1 saturated heterocycles. The zero-order valence-electron chi connectivity index (χ0n) is 17.9. The first kappa shape index (κ1) is 21.1. The van der Waals surface area contributed by atoms with E-state index in [0.29, 0.717) is 31.2 Å². The van der Waals surface area contributed by atoms with Crippen molar-refractivity contribution in [3.05, 3.63) is 83.8 Å². The highest BCUT2D eigenvalue weighted by Crippen LogP contribution is 2.29. The maximum absolute atomic E-state index is 13.2. The Kier molecular flexibility index (Phi) is 6.07. The van der Waals surface area contributed by atoms with Crippen molar-refractivity contribution in [3.8, 4) is 5.75 Å². The van der Waals surface area contributed by atoms with Gasteiger partial charge in [0.2, 0.25) is 0 Å². The Morgan fingerprint density at radius 3 is 2.68 bits per heavy atom. The number of oxazole rings is 1. The van der Waals surface area contributed by atoms with E-state index >= 15 is 0 Å². The number of ether oxygens (including phenoxy) is 1. The lowest BCUT2D eigenvalue weighted by Gasteiger charge is -2.36. The number of amides is 1. The molecule has 0 aliphatic carbocycles. The summed E-state index contributed by atoms with van der Waals surface area (Å²) in [6, 6.07) is 15.8. The van der Waals surface area contributed by atoms with Crippen molar-refractivity contribution in [2.24, 2.45) is 0 Å². The highest BCUT2D eigenvalue weighted by molar-refractivity contribution is 5.85.